The van der Waals surface area contributed by atoms with Crippen LogP contribution in [0.1, 0.15) is 25.1 Å². The van der Waals surface area contributed by atoms with Gasteiger partial charge in [-0.05, 0) is 24.1 Å². The lowest BCUT2D eigenvalue weighted by atomic mass is 10.1. The first-order chi connectivity index (χ1) is 11.8. The summed E-state index contributed by atoms with van der Waals surface area (Å²) in [6.45, 7) is 2.43. The standard InChI is InChI=1S/C15H18Cl4N2O4/c1-3-6-25-10-7-8(4-5-9(10)24-2)13(20-14(22)11(16)17)21-15(23)12(18)19/h4-5,7,11-13H,3,6H2,1-2H3,(H,20,22)(H,21,23). The minimum atomic E-state index is -1.31. The molecular formula is C15H18Cl4N2O4. The van der Waals surface area contributed by atoms with Gasteiger partial charge in [0.05, 0.1) is 13.7 Å². The zero-order chi connectivity index (χ0) is 19.0. The van der Waals surface area contributed by atoms with Crippen molar-refractivity contribution in [2.24, 2.45) is 0 Å². The third-order valence-electron chi connectivity index (χ3n) is 2.95. The summed E-state index contributed by atoms with van der Waals surface area (Å²) in [5.74, 6) is -0.423. The Hall–Kier alpha value is -1.08. The molecular weight excluding hydrogens is 414 g/mol. The van der Waals surface area contributed by atoms with Crippen LogP contribution in [-0.2, 0) is 9.59 Å². The van der Waals surface area contributed by atoms with Gasteiger partial charge in [0.25, 0.3) is 11.8 Å². The summed E-state index contributed by atoms with van der Waals surface area (Å²) >= 11 is 22.2. The number of carbonyl (C=O) groups excluding carboxylic acids is 2. The second kappa shape index (κ2) is 10.8. The van der Waals surface area contributed by atoms with Crippen molar-refractivity contribution in [2.45, 2.75) is 29.2 Å². The van der Waals surface area contributed by atoms with Crippen molar-refractivity contribution in [3.8, 4) is 11.5 Å². The minimum Gasteiger partial charge on any atom is -0.493 e. The number of amides is 2. The van der Waals surface area contributed by atoms with Crippen molar-refractivity contribution in [3.63, 3.8) is 0 Å². The molecule has 0 radical (unpaired) electrons. The van der Waals surface area contributed by atoms with Crippen LogP contribution < -0.4 is 20.1 Å². The van der Waals surface area contributed by atoms with E-state index in [1.165, 1.54) is 7.11 Å². The van der Waals surface area contributed by atoms with E-state index in [1.807, 2.05) is 6.92 Å². The first-order valence-corrected chi connectivity index (χ1v) is 9.02. The van der Waals surface area contributed by atoms with Crippen molar-refractivity contribution in [3.05, 3.63) is 23.8 Å². The molecule has 25 heavy (non-hydrogen) atoms. The highest BCUT2D eigenvalue weighted by atomic mass is 35.5. The molecule has 0 spiro atoms. The number of methoxy groups -OCH3 is 1. The fourth-order valence-corrected chi connectivity index (χ4v) is 2.06. The van der Waals surface area contributed by atoms with Crippen molar-refractivity contribution in [2.75, 3.05) is 13.7 Å². The average molecular weight is 432 g/mol. The summed E-state index contributed by atoms with van der Waals surface area (Å²) in [5.41, 5.74) is 0.497. The van der Waals surface area contributed by atoms with Crippen LogP contribution in [-0.4, -0.2) is 35.2 Å². The van der Waals surface area contributed by atoms with E-state index in [4.69, 9.17) is 55.9 Å². The highest BCUT2D eigenvalue weighted by molar-refractivity contribution is 6.54. The molecule has 1 rings (SSSR count). The van der Waals surface area contributed by atoms with E-state index >= 15 is 0 Å². The quantitative estimate of drug-likeness (QED) is 0.464. The number of ether oxygens (including phenoxy) is 2. The molecule has 0 aliphatic heterocycles. The molecule has 1 aromatic rings. The summed E-state index contributed by atoms with van der Waals surface area (Å²) in [5, 5.41) is 4.98. The number of carbonyl (C=O) groups is 2. The third-order valence-corrected chi connectivity index (χ3v) is 3.75. The lowest BCUT2D eigenvalue weighted by Crippen LogP contribution is -2.44. The molecule has 0 aliphatic rings. The van der Waals surface area contributed by atoms with Crippen LogP contribution in [0.25, 0.3) is 0 Å². The van der Waals surface area contributed by atoms with Gasteiger partial charge in [-0.15, -0.1) is 0 Å². The van der Waals surface area contributed by atoms with Crippen LogP contribution in [0.15, 0.2) is 18.2 Å². The predicted molar refractivity (Wildman–Crippen MR) is 98.8 cm³/mol. The van der Waals surface area contributed by atoms with Crippen LogP contribution in [0.4, 0.5) is 0 Å². The van der Waals surface area contributed by atoms with E-state index in [1.54, 1.807) is 18.2 Å². The second-order valence-electron chi connectivity index (χ2n) is 4.81. The normalized spacial score (nSPS) is 10.9. The van der Waals surface area contributed by atoms with Crippen LogP contribution in [0.5, 0.6) is 11.5 Å². The summed E-state index contributed by atoms with van der Waals surface area (Å²) in [7, 11) is 1.51. The molecule has 2 amide bonds. The zero-order valence-corrected chi connectivity index (χ0v) is 16.5. The maximum Gasteiger partial charge on any atom is 0.255 e. The third kappa shape index (κ3) is 6.98. The SMILES string of the molecule is CCCOc1cc(C(NC(=O)C(Cl)Cl)NC(=O)C(Cl)Cl)ccc1OC. The molecule has 6 nitrogen and oxygen atoms in total. The van der Waals surface area contributed by atoms with E-state index in [-0.39, 0.29) is 0 Å². The second-order valence-corrected chi connectivity index (χ2v) is 7.00. The van der Waals surface area contributed by atoms with Gasteiger partial charge >= 0.3 is 0 Å². The summed E-state index contributed by atoms with van der Waals surface area (Å²) in [6, 6.07) is 4.90. The monoisotopic (exact) mass is 430 g/mol. The Morgan fingerprint density at radius 3 is 2.04 bits per heavy atom. The summed E-state index contributed by atoms with van der Waals surface area (Å²) in [4.78, 5) is 21.0. The Morgan fingerprint density at radius 2 is 1.60 bits per heavy atom. The Balaban J connectivity index is 3.14. The van der Waals surface area contributed by atoms with Gasteiger partial charge < -0.3 is 20.1 Å². The Labute approximate surface area is 166 Å². The molecule has 0 atom stereocenters. The van der Waals surface area contributed by atoms with E-state index in [9.17, 15) is 9.59 Å². The highest BCUT2D eigenvalue weighted by Gasteiger charge is 2.24. The van der Waals surface area contributed by atoms with Gasteiger partial charge in [0.15, 0.2) is 21.2 Å². The Morgan fingerprint density at radius 1 is 1.04 bits per heavy atom. The average Bonchev–Trinajstić information content (AvgIpc) is 2.58. The molecule has 0 aromatic heterocycles. The zero-order valence-electron chi connectivity index (χ0n) is 13.5. The molecule has 10 heteroatoms. The van der Waals surface area contributed by atoms with Crippen molar-refractivity contribution >= 4 is 58.2 Å². The van der Waals surface area contributed by atoms with Crippen molar-refractivity contribution in [1.82, 2.24) is 10.6 Å². The number of rotatable bonds is 9. The van der Waals surface area contributed by atoms with Gasteiger partial charge in [-0.25, -0.2) is 0 Å². The van der Waals surface area contributed by atoms with Gasteiger partial charge in [-0.3, -0.25) is 9.59 Å². The molecule has 0 aliphatic carbocycles. The number of alkyl halides is 4. The number of benzene rings is 1. The molecule has 0 unspecified atom stereocenters. The largest absolute Gasteiger partial charge is 0.493 e. The topological polar surface area (TPSA) is 76.7 Å². The Bertz CT molecular complexity index is 577. The summed E-state index contributed by atoms with van der Waals surface area (Å²) in [6.07, 6.45) is -0.167. The van der Waals surface area contributed by atoms with E-state index in [0.717, 1.165) is 6.42 Å². The lowest BCUT2D eigenvalue weighted by molar-refractivity contribution is -0.122. The van der Waals surface area contributed by atoms with Crippen LogP contribution in [0.3, 0.4) is 0 Å². The fourth-order valence-electron chi connectivity index (χ4n) is 1.81. The van der Waals surface area contributed by atoms with E-state index in [2.05, 4.69) is 10.6 Å². The van der Waals surface area contributed by atoms with Crippen molar-refractivity contribution in [1.29, 1.82) is 0 Å². The molecule has 140 valence electrons. The predicted octanol–water partition coefficient (Wildman–Crippen LogP) is 3.32. The van der Waals surface area contributed by atoms with Crippen LogP contribution >= 0.6 is 46.4 Å². The maximum atomic E-state index is 11.8. The Kier molecular flexibility index (Phi) is 9.50. The smallest absolute Gasteiger partial charge is 0.255 e. The molecule has 2 N–H and O–H groups in total. The summed E-state index contributed by atoms with van der Waals surface area (Å²) < 4.78 is 10.8. The number of halogens is 4. The van der Waals surface area contributed by atoms with Crippen LogP contribution in [0, 0.1) is 0 Å². The van der Waals surface area contributed by atoms with Crippen LogP contribution in [0.2, 0.25) is 0 Å². The van der Waals surface area contributed by atoms with Gasteiger partial charge in [0, 0.05) is 0 Å². The molecule has 0 saturated heterocycles. The number of hydrogen-bond acceptors (Lipinski definition) is 4. The maximum absolute atomic E-state index is 11.8. The van der Waals surface area contributed by atoms with Gasteiger partial charge in [0.1, 0.15) is 6.17 Å². The number of nitrogens with one attached hydrogen (secondary N) is 2. The van der Waals surface area contributed by atoms with E-state index < -0.39 is 27.7 Å². The molecule has 0 bridgehead atoms. The molecule has 0 saturated carbocycles. The fraction of sp³-hybridized carbons (Fsp3) is 0.467. The van der Waals surface area contributed by atoms with Crippen molar-refractivity contribution < 1.29 is 19.1 Å². The van der Waals surface area contributed by atoms with Gasteiger partial charge in [-0.2, -0.15) is 0 Å². The molecule has 0 heterocycles. The first kappa shape index (κ1) is 22.0. The first-order valence-electron chi connectivity index (χ1n) is 7.27. The lowest BCUT2D eigenvalue weighted by Gasteiger charge is -2.22. The molecule has 1 aromatic carbocycles. The highest BCUT2D eigenvalue weighted by Crippen LogP contribution is 2.30. The van der Waals surface area contributed by atoms with Gasteiger partial charge in [0.2, 0.25) is 0 Å². The number of hydrogen-bond donors (Lipinski definition) is 2. The van der Waals surface area contributed by atoms with Gasteiger partial charge in [-0.1, -0.05) is 59.4 Å². The minimum absolute atomic E-state index is 0.456. The molecule has 0 fully saturated rings. The van der Waals surface area contributed by atoms with E-state index in [0.29, 0.717) is 23.7 Å².